The van der Waals surface area contributed by atoms with Crippen molar-refractivity contribution in [1.29, 1.82) is 0 Å². The number of pyridine rings is 1. The van der Waals surface area contributed by atoms with Crippen molar-refractivity contribution < 1.29 is 0 Å². The van der Waals surface area contributed by atoms with Gasteiger partial charge in [-0.15, -0.1) is 0 Å². The Hall–Kier alpha value is -2.17. The maximum absolute atomic E-state index is 4.48. The summed E-state index contributed by atoms with van der Waals surface area (Å²) in [6.07, 6.45) is 12.3. The number of aromatic nitrogens is 3. The monoisotopic (exact) mass is 295 g/mol. The van der Waals surface area contributed by atoms with E-state index in [1.165, 1.54) is 31.4 Å². The Morgan fingerprint density at radius 3 is 2.45 bits per heavy atom. The van der Waals surface area contributed by atoms with Crippen LogP contribution in [-0.4, -0.2) is 40.1 Å². The van der Waals surface area contributed by atoms with Gasteiger partial charge in [-0.2, -0.15) is 0 Å². The Kier molecular flexibility index (Phi) is 3.41. The van der Waals surface area contributed by atoms with Gasteiger partial charge in [0.1, 0.15) is 0 Å². The van der Waals surface area contributed by atoms with Gasteiger partial charge in [0.05, 0.1) is 11.9 Å². The minimum atomic E-state index is 0.250. The van der Waals surface area contributed by atoms with E-state index in [2.05, 4.69) is 30.8 Å². The van der Waals surface area contributed by atoms with Crippen molar-refractivity contribution in [3.63, 3.8) is 0 Å². The second kappa shape index (κ2) is 5.55. The van der Waals surface area contributed by atoms with Crippen LogP contribution in [0.2, 0.25) is 0 Å². The molecule has 2 aliphatic rings. The molecule has 0 aromatic carbocycles. The van der Waals surface area contributed by atoms with Gasteiger partial charge in [0.2, 0.25) is 5.95 Å². The fourth-order valence-electron chi connectivity index (χ4n) is 3.92. The van der Waals surface area contributed by atoms with Crippen LogP contribution in [0.5, 0.6) is 0 Å². The highest BCUT2D eigenvalue weighted by atomic mass is 15.3. The lowest BCUT2D eigenvalue weighted by Gasteiger charge is -2.45. The fourth-order valence-corrected chi connectivity index (χ4v) is 3.92. The van der Waals surface area contributed by atoms with Gasteiger partial charge < -0.3 is 9.80 Å². The van der Waals surface area contributed by atoms with Crippen LogP contribution in [-0.2, 0) is 0 Å². The molecule has 2 aromatic heterocycles. The Labute approximate surface area is 131 Å². The van der Waals surface area contributed by atoms with E-state index >= 15 is 0 Å². The quantitative estimate of drug-likeness (QED) is 0.852. The van der Waals surface area contributed by atoms with Crippen molar-refractivity contribution in [2.75, 3.05) is 29.4 Å². The lowest BCUT2D eigenvalue weighted by molar-refractivity contribution is 0.331. The van der Waals surface area contributed by atoms with E-state index < -0.39 is 0 Å². The minimum absolute atomic E-state index is 0.250. The van der Waals surface area contributed by atoms with Gasteiger partial charge in [-0.1, -0.05) is 0 Å². The maximum Gasteiger partial charge on any atom is 0.225 e. The maximum atomic E-state index is 4.48. The third-order valence-corrected chi connectivity index (χ3v) is 5.10. The summed E-state index contributed by atoms with van der Waals surface area (Å²) >= 11 is 0. The van der Waals surface area contributed by atoms with Crippen LogP contribution in [0.15, 0.2) is 43.0 Å². The summed E-state index contributed by atoms with van der Waals surface area (Å²) in [5.41, 5.74) is 1.48. The number of rotatable bonds is 2. The zero-order chi connectivity index (χ0) is 14.8. The molecule has 0 unspecified atom stereocenters. The molecule has 0 amide bonds. The van der Waals surface area contributed by atoms with Gasteiger partial charge in [0, 0.05) is 43.8 Å². The number of anilines is 2. The minimum Gasteiger partial charge on any atom is -0.370 e. The third-order valence-electron chi connectivity index (χ3n) is 5.10. The molecule has 2 saturated heterocycles. The molecule has 22 heavy (non-hydrogen) atoms. The van der Waals surface area contributed by atoms with Crippen LogP contribution in [0.1, 0.15) is 25.7 Å². The van der Waals surface area contributed by atoms with Crippen LogP contribution >= 0.6 is 0 Å². The van der Waals surface area contributed by atoms with Crippen molar-refractivity contribution in [3.05, 3.63) is 43.0 Å². The molecule has 5 heteroatoms. The molecule has 0 aliphatic carbocycles. The largest absolute Gasteiger partial charge is 0.370 e. The average molecular weight is 295 g/mol. The summed E-state index contributed by atoms with van der Waals surface area (Å²) in [6, 6.07) is 6.05. The van der Waals surface area contributed by atoms with E-state index in [9.17, 15) is 0 Å². The zero-order valence-electron chi connectivity index (χ0n) is 12.7. The number of piperidine rings is 1. The van der Waals surface area contributed by atoms with E-state index in [1.807, 2.05) is 36.9 Å². The Morgan fingerprint density at radius 1 is 0.909 bits per heavy atom. The van der Waals surface area contributed by atoms with Crippen LogP contribution in [0, 0.1) is 0 Å². The number of nitrogens with zero attached hydrogens (tertiary/aromatic N) is 5. The van der Waals surface area contributed by atoms with Crippen molar-refractivity contribution >= 4 is 11.6 Å². The van der Waals surface area contributed by atoms with Crippen molar-refractivity contribution in [1.82, 2.24) is 15.0 Å². The van der Waals surface area contributed by atoms with E-state index in [4.69, 9.17) is 0 Å². The first-order valence-electron chi connectivity index (χ1n) is 8.07. The molecule has 0 radical (unpaired) electrons. The third kappa shape index (κ3) is 2.30. The molecule has 4 heterocycles. The fraction of sp³-hybridized carbons (Fsp3) is 0.471. The highest BCUT2D eigenvalue weighted by molar-refractivity contribution is 5.46. The Bertz CT molecular complexity index is 607. The van der Waals surface area contributed by atoms with E-state index in [1.54, 1.807) is 0 Å². The second-order valence-corrected chi connectivity index (χ2v) is 6.23. The van der Waals surface area contributed by atoms with E-state index in [-0.39, 0.29) is 5.54 Å². The predicted octanol–water partition coefficient (Wildman–Crippen LogP) is 2.51. The van der Waals surface area contributed by atoms with E-state index in [0.29, 0.717) is 0 Å². The smallest absolute Gasteiger partial charge is 0.225 e. The molecule has 0 saturated carbocycles. The van der Waals surface area contributed by atoms with Crippen LogP contribution in [0.3, 0.4) is 0 Å². The summed E-state index contributed by atoms with van der Waals surface area (Å²) in [4.78, 5) is 18.1. The standard InChI is InChI=1S/C17H21N5/c1-4-15(14-18-8-1)21-12-6-17(7-13-21)5-2-11-22(17)16-19-9-3-10-20-16/h1,3-4,8-10,14H,2,5-7,11-13H2. The molecule has 5 nitrogen and oxygen atoms in total. The molecule has 2 aromatic rings. The predicted molar refractivity (Wildman–Crippen MR) is 87.0 cm³/mol. The van der Waals surface area contributed by atoms with Gasteiger partial charge in [0.15, 0.2) is 0 Å². The molecular weight excluding hydrogens is 274 g/mol. The first kappa shape index (κ1) is 13.5. The van der Waals surface area contributed by atoms with Crippen LogP contribution in [0.4, 0.5) is 11.6 Å². The molecule has 2 aliphatic heterocycles. The Balaban J connectivity index is 1.52. The lowest BCUT2D eigenvalue weighted by atomic mass is 9.85. The molecule has 2 fully saturated rings. The SMILES string of the molecule is c1cnc(N2CCCC23CCN(c2cccnc2)CC3)nc1. The molecule has 114 valence electrons. The lowest BCUT2D eigenvalue weighted by Crippen LogP contribution is -2.53. The normalized spacial score (nSPS) is 20.5. The first-order valence-corrected chi connectivity index (χ1v) is 8.07. The highest BCUT2D eigenvalue weighted by Gasteiger charge is 2.44. The topological polar surface area (TPSA) is 45.2 Å². The Morgan fingerprint density at radius 2 is 1.73 bits per heavy atom. The summed E-state index contributed by atoms with van der Waals surface area (Å²) in [5.74, 6) is 0.898. The molecule has 0 N–H and O–H groups in total. The van der Waals surface area contributed by atoms with Gasteiger partial charge in [-0.3, -0.25) is 4.98 Å². The summed E-state index contributed by atoms with van der Waals surface area (Å²) in [7, 11) is 0. The van der Waals surface area contributed by atoms with Crippen molar-refractivity contribution in [3.8, 4) is 0 Å². The summed E-state index contributed by atoms with van der Waals surface area (Å²) < 4.78 is 0. The second-order valence-electron chi connectivity index (χ2n) is 6.23. The summed E-state index contributed by atoms with van der Waals surface area (Å²) in [6.45, 7) is 3.24. The summed E-state index contributed by atoms with van der Waals surface area (Å²) in [5, 5.41) is 0. The highest BCUT2D eigenvalue weighted by Crippen LogP contribution is 2.40. The van der Waals surface area contributed by atoms with Gasteiger partial charge >= 0.3 is 0 Å². The van der Waals surface area contributed by atoms with Gasteiger partial charge in [0.25, 0.3) is 0 Å². The molecule has 1 spiro atoms. The van der Waals surface area contributed by atoms with E-state index in [0.717, 1.165) is 25.6 Å². The molecular formula is C17H21N5. The first-order chi connectivity index (χ1) is 10.9. The zero-order valence-corrected chi connectivity index (χ0v) is 12.7. The molecule has 4 rings (SSSR count). The molecule has 0 bridgehead atoms. The van der Waals surface area contributed by atoms with Gasteiger partial charge in [-0.05, 0) is 43.9 Å². The van der Waals surface area contributed by atoms with Gasteiger partial charge in [-0.25, -0.2) is 9.97 Å². The van der Waals surface area contributed by atoms with Crippen molar-refractivity contribution in [2.24, 2.45) is 0 Å². The van der Waals surface area contributed by atoms with Crippen LogP contribution < -0.4 is 9.80 Å². The van der Waals surface area contributed by atoms with Crippen LogP contribution in [0.25, 0.3) is 0 Å². The average Bonchev–Trinajstić information content (AvgIpc) is 3.00. The van der Waals surface area contributed by atoms with Crippen molar-refractivity contribution in [2.45, 2.75) is 31.2 Å². The molecule has 0 atom stereocenters. The number of hydrogen-bond donors (Lipinski definition) is 0. The number of hydrogen-bond acceptors (Lipinski definition) is 5.